The highest BCUT2D eigenvalue weighted by molar-refractivity contribution is 7.71. The Morgan fingerprint density at radius 1 is 1.35 bits per heavy atom. The van der Waals surface area contributed by atoms with E-state index in [9.17, 15) is 4.79 Å². The largest absolute Gasteiger partial charge is 0.370 e. The van der Waals surface area contributed by atoms with Crippen LogP contribution in [0, 0.1) is 4.77 Å². The maximum absolute atomic E-state index is 13.0. The molecule has 1 atom stereocenters. The monoisotopic (exact) mass is 367 g/mol. The summed E-state index contributed by atoms with van der Waals surface area (Å²) in [4.78, 5) is 20.9. The molecule has 4 rings (SSSR count). The Bertz CT molecular complexity index is 1090. The van der Waals surface area contributed by atoms with Gasteiger partial charge in [-0.1, -0.05) is 37.3 Å². The Balaban J connectivity index is 1.83. The Morgan fingerprint density at radius 2 is 2.12 bits per heavy atom. The van der Waals surface area contributed by atoms with E-state index in [4.69, 9.17) is 21.9 Å². The number of aromatic nitrogens is 3. The van der Waals surface area contributed by atoms with E-state index in [-0.39, 0.29) is 11.2 Å². The number of nitrogens with one attached hydrogen (secondary N) is 1. The van der Waals surface area contributed by atoms with E-state index in [1.807, 2.05) is 36.4 Å². The van der Waals surface area contributed by atoms with Gasteiger partial charge < -0.3 is 9.72 Å². The molecule has 1 aliphatic heterocycles. The summed E-state index contributed by atoms with van der Waals surface area (Å²) in [5.41, 5.74) is 3.24. The smallest absolute Gasteiger partial charge is 0.264 e. The zero-order valence-electron chi connectivity index (χ0n) is 14.9. The number of H-pyrrole nitrogens is 1. The van der Waals surface area contributed by atoms with Gasteiger partial charge in [-0.05, 0) is 37.2 Å². The van der Waals surface area contributed by atoms with Gasteiger partial charge in [0.1, 0.15) is 5.65 Å². The first-order valence-corrected chi connectivity index (χ1v) is 9.23. The number of nitrogens with zero attached hydrogens (tertiary/aromatic N) is 2. The van der Waals surface area contributed by atoms with Crippen molar-refractivity contribution in [3.63, 3.8) is 0 Å². The Labute approximate surface area is 156 Å². The summed E-state index contributed by atoms with van der Waals surface area (Å²) >= 11 is 5.43. The van der Waals surface area contributed by atoms with E-state index >= 15 is 0 Å². The lowest BCUT2D eigenvalue weighted by atomic mass is 9.91. The second-order valence-electron chi connectivity index (χ2n) is 7.07. The fourth-order valence-corrected chi connectivity index (χ4v) is 3.57. The predicted octanol–water partition coefficient (Wildman–Crippen LogP) is 3.74. The van der Waals surface area contributed by atoms with Gasteiger partial charge in [-0.2, -0.15) is 0 Å². The average Bonchev–Trinajstić information content (AvgIpc) is 2.65. The molecule has 0 fully saturated rings. The molecule has 0 unspecified atom stereocenters. The van der Waals surface area contributed by atoms with E-state index in [0.29, 0.717) is 29.0 Å². The summed E-state index contributed by atoms with van der Waals surface area (Å²) in [6.45, 7) is 5.13. The number of ether oxygens (including phenoxy) is 1. The van der Waals surface area contributed by atoms with Crippen LogP contribution in [0.2, 0.25) is 0 Å². The van der Waals surface area contributed by atoms with Crippen LogP contribution in [0.5, 0.6) is 0 Å². The standard InChI is InChI=1S/C20H21N3O2S/c1-3-20(2)10-16-14(12-25-20)9-15-17(21-16)22-19(26)23(18(15)24)11-13-7-5-4-6-8-13/h4-9H,3,10-12H2,1-2H3,(H,21,22,26)/t20-/m1/s1. The third kappa shape index (κ3) is 2.99. The van der Waals surface area contributed by atoms with Gasteiger partial charge in [0.25, 0.3) is 5.56 Å². The quantitative estimate of drug-likeness (QED) is 0.717. The van der Waals surface area contributed by atoms with Crippen LogP contribution in [0.3, 0.4) is 0 Å². The normalized spacial score (nSPS) is 19.5. The molecule has 0 saturated heterocycles. The highest BCUT2D eigenvalue weighted by Gasteiger charge is 2.30. The number of aromatic amines is 1. The van der Waals surface area contributed by atoms with Crippen molar-refractivity contribution in [2.75, 3.05) is 0 Å². The molecule has 26 heavy (non-hydrogen) atoms. The van der Waals surface area contributed by atoms with Crippen LogP contribution >= 0.6 is 12.2 Å². The molecule has 0 bridgehead atoms. The molecule has 0 amide bonds. The molecule has 134 valence electrons. The van der Waals surface area contributed by atoms with Crippen LogP contribution in [-0.2, 0) is 24.3 Å². The molecular weight excluding hydrogens is 346 g/mol. The highest BCUT2D eigenvalue weighted by atomic mass is 32.1. The second-order valence-corrected chi connectivity index (χ2v) is 7.45. The van der Waals surface area contributed by atoms with Crippen molar-refractivity contribution in [2.24, 2.45) is 0 Å². The van der Waals surface area contributed by atoms with E-state index in [1.165, 1.54) is 0 Å². The van der Waals surface area contributed by atoms with Gasteiger partial charge in [-0.15, -0.1) is 0 Å². The van der Waals surface area contributed by atoms with Crippen molar-refractivity contribution < 1.29 is 4.74 Å². The highest BCUT2D eigenvalue weighted by Crippen LogP contribution is 2.30. The summed E-state index contributed by atoms with van der Waals surface area (Å²) in [5, 5.41) is 0.553. The molecular formula is C20H21N3O2S. The van der Waals surface area contributed by atoms with Crippen LogP contribution in [0.25, 0.3) is 11.0 Å². The third-order valence-corrected chi connectivity index (χ3v) is 5.51. The molecule has 1 aliphatic rings. The lowest BCUT2D eigenvalue weighted by Crippen LogP contribution is -2.35. The molecule has 0 saturated carbocycles. The summed E-state index contributed by atoms with van der Waals surface area (Å²) in [5.74, 6) is 0. The van der Waals surface area contributed by atoms with Crippen LogP contribution in [0.1, 0.15) is 37.1 Å². The first-order chi connectivity index (χ1) is 12.5. The lowest BCUT2D eigenvalue weighted by Gasteiger charge is -2.33. The first-order valence-electron chi connectivity index (χ1n) is 8.82. The Morgan fingerprint density at radius 3 is 2.85 bits per heavy atom. The minimum atomic E-state index is -0.202. The van der Waals surface area contributed by atoms with Crippen LogP contribution in [0.15, 0.2) is 41.2 Å². The first kappa shape index (κ1) is 17.1. The van der Waals surface area contributed by atoms with E-state index in [0.717, 1.165) is 29.7 Å². The Kier molecular flexibility index (Phi) is 4.25. The molecule has 0 spiro atoms. The van der Waals surface area contributed by atoms with Gasteiger partial charge in [0, 0.05) is 12.0 Å². The Hall–Kier alpha value is -2.31. The van der Waals surface area contributed by atoms with E-state index < -0.39 is 0 Å². The van der Waals surface area contributed by atoms with Crippen LogP contribution in [-0.4, -0.2) is 20.1 Å². The lowest BCUT2D eigenvalue weighted by molar-refractivity contribution is -0.0573. The second kappa shape index (κ2) is 6.45. The minimum Gasteiger partial charge on any atom is -0.370 e. The van der Waals surface area contributed by atoms with Crippen molar-refractivity contribution in [3.8, 4) is 0 Å². The molecule has 3 aromatic rings. The molecule has 1 N–H and O–H groups in total. The molecule has 0 radical (unpaired) electrons. The zero-order chi connectivity index (χ0) is 18.3. The summed E-state index contributed by atoms with van der Waals surface area (Å²) in [6, 6.07) is 11.7. The van der Waals surface area contributed by atoms with Crippen LogP contribution in [0.4, 0.5) is 0 Å². The number of hydrogen-bond acceptors (Lipinski definition) is 4. The molecule has 2 aromatic heterocycles. The van der Waals surface area contributed by atoms with Crippen molar-refractivity contribution >= 4 is 23.3 Å². The number of hydrogen-bond donors (Lipinski definition) is 1. The number of pyridine rings is 1. The molecule has 0 aliphatic carbocycles. The SMILES string of the molecule is CC[C@]1(C)Cc2nc3[nH]c(=S)n(Cc4ccccc4)c(=O)c3cc2CO1. The summed E-state index contributed by atoms with van der Waals surface area (Å²) in [6.07, 6.45) is 1.66. The van der Waals surface area contributed by atoms with Gasteiger partial charge >= 0.3 is 0 Å². The zero-order valence-corrected chi connectivity index (χ0v) is 15.7. The summed E-state index contributed by atoms with van der Waals surface area (Å²) < 4.78 is 7.98. The predicted molar refractivity (Wildman–Crippen MR) is 104 cm³/mol. The van der Waals surface area contributed by atoms with E-state index in [1.54, 1.807) is 4.57 Å². The van der Waals surface area contributed by atoms with Gasteiger partial charge in [0.2, 0.25) is 0 Å². The molecule has 3 heterocycles. The van der Waals surface area contributed by atoms with Crippen molar-refractivity contribution in [1.82, 2.24) is 14.5 Å². The van der Waals surface area contributed by atoms with E-state index in [2.05, 4.69) is 18.8 Å². The summed E-state index contributed by atoms with van der Waals surface area (Å²) in [7, 11) is 0. The third-order valence-electron chi connectivity index (χ3n) is 5.19. The number of fused-ring (bicyclic) bond motifs is 2. The maximum atomic E-state index is 13.0. The van der Waals surface area contributed by atoms with Crippen molar-refractivity contribution in [1.29, 1.82) is 0 Å². The topological polar surface area (TPSA) is 59.9 Å². The van der Waals surface area contributed by atoms with Gasteiger partial charge in [-0.3, -0.25) is 9.36 Å². The van der Waals surface area contributed by atoms with Gasteiger partial charge in [0.05, 0.1) is 29.8 Å². The fraction of sp³-hybridized carbons (Fsp3) is 0.350. The number of rotatable bonds is 3. The van der Waals surface area contributed by atoms with Gasteiger partial charge in [-0.25, -0.2) is 4.98 Å². The fourth-order valence-electron chi connectivity index (χ4n) is 3.33. The molecule has 5 nitrogen and oxygen atoms in total. The van der Waals surface area contributed by atoms with Gasteiger partial charge in [0.15, 0.2) is 4.77 Å². The van der Waals surface area contributed by atoms with Crippen molar-refractivity contribution in [3.05, 3.63) is 68.3 Å². The minimum absolute atomic E-state index is 0.119. The maximum Gasteiger partial charge on any atom is 0.264 e. The van der Waals surface area contributed by atoms with Crippen LogP contribution < -0.4 is 5.56 Å². The average molecular weight is 367 g/mol. The number of benzene rings is 1. The van der Waals surface area contributed by atoms with Crippen molar-refractivity contribution in [2.45, 2.75) is 45.4 Å². The molecule has 6 heteroatoms. The molecule has 1 aromatic carbocycles.